The molecule has 120 valence electrons. The van der Waals surface area contributed by atoms with E-state index in [2.05, 4.69) is 28.8 Å². The zero-order chi connectivity index (χ0) is 14.7. The summed E-state index contributed by atoms with van der Waals surface area (Å²) in [5.41, 5.74) is 3.76. The zero-order valence-corrected chi connectivity index (χ0v) is 13.4. The molecule has 0 saturated carbocycles. The van der Waals surface area contributed by atoms with Crippen LogP contribution in [0.4, 0.5) is 0 Å². The molecule has 22 heavy (non-hydrogen) atoms. The minimum atomic E-state index is -0.0797. The van der Waals surface area contributed by atoms with Gasteiger partial charge in [0.25, 0.3) is 0 Å². The summed E-state index contributed by atoms with van der Waals surface area (Å²) in [6.45, 7) is 3.24. The second kappa shape index (κ2) is 7.61. The summed E-state index contributed by atoms with van der Waals surface area (Å²) < 4.78 is 0. The maximum Gasteiger partial charge on any atom is 0.239 e. The highest BCUT2D eigenvalue weighted by atomic mass is 35.5. The van der Waals surface area contributed by atoms with Crippen molar-refractivity contribution in [1.29, 1.82) is 0 Å². The smallest absolute Gasteiger partial charge is 0.239 e. The number of hydrogen-bond donors (Lipinski definition) is 2. The maximum atomic E-state index is 11.9. The number of carbonyl (C=O) groups excluding carboxylic acids is 2. The Hall–Kier alpha value is -1.59. The number of carbonyl (C=O) groups is 2. The van der Waals surface area contributed by atoms with Gasteiger partial charge < -0.3 is 15.5 Å². The number of piperidine rings is 1. The lowest BCUT2D eigenvalue weighted by Crippen LogP contribution is -2.42. The van der Waals surface area contributed by atoms with Gasteiger partial charge >= 0.3 is 0 Å². The number of fused-ring (bicyclic) bond motifs is 1. The Bertz CT molecular complexity index is 562. The van der Waals surface area contributed by atoms with Gasteiger partial charge in [-0.15, -0.1) is 12.4 Å². The van der Waals surface area contributed by atoms with E-state index in [0.29, 0.717) is 19.5 Å². The fourth-order valence-corrected chi connectivity index (χ4v) is 2.92. The van der Waals surface area contributed by atoms with Crippen LogP contribution in [0.1, 0.15) is 36.0 Å². The third-order valence-electron chi connectivity index (χ3n) is 4.15. The second-order valence-electron chi connectivity index (χ2n) is 5.76. The lowest BCUT2D eigenvalue weighted by atomic mass is 10.1. The molecule has 2 amide bonds. The Morgan fingerprint density at radius 3 is 2.86 bits per heavy atom. The average molecular weight is 324 g/mol. The Kier molecular flexibility index (Phi) is 5.80. The standard InChI is InChI=1S/C16H21N3O2.ClH/c20-15(11-19-6-2-1-3-16(19)21)18-8-12-4-5-13-9-17-10-14(13)7-12;/h4-5,7,17H,1-3,6,8-11H2,(H,18,20);1H. The number of rotatable bonds is 4. The van der Waals surface area contributed by atoms with Crippen LogP contribution in [0.5, 0.6) is 0 Å². The molecule has 0 aliphatic carbocycles. The summed E-state index contributed by atoms with van der Waals surface area (Å²) >= 11 is 0. The van der Waals surface area contributed by atoms with Gasteiger partial charge in [0.1, 0.15) is 0 Å². The van der Waals surface area contributed by atoms with Gasteiger partial charge in [-0.05, 0) is 29.5 Å². The van der Waals surface area contributed by atoms with Crippen LogP contribution in [0.15, 0.2) is 18.2 Å². The van der Waals surface area contributed by atoms with Crippen molar-refractivity contribution < 1.29 is 9.59 Å². The molecular weight excluding hydrogens is 302 g/mol. The lowest BCUT2D eigenvalue weighted by molar-refractivity contribution is -0.137. The summed E-state index contributed by atoms with van der Waals surface area (Å²) in [5, 5.41) is 6.21. The molecule has 1 aromatic rings. The van der Waals surface area contributed by atoms with E-state index in [1.54, 1.807) is 4.90 Å². The number of likely N-dealkylation sites (tertiary alicyclic amines) is 1. The quantitative estimate of drug-likeness (QED) is 0.879. The van der Waals surface area contributed by atoms with Crippen LogP contribution in [0.2, 0.25) is 0 Å². The first-order valence-electron chi connectivity index (χ1n) is 7.58. The van der Waals surface area contributed by atoms with E-state index in [4.69, 9.17) is 0 Å². The van der Waals surface area contributed by atoms with E-state index in [1.807, 2.05) is 0 Å². The van der Waals surface area contributed by atoms with Gasteiger partial charge in [0.05, 0.1) is 6.54 Å². The fraction of sp³-hybridized carbons (Fsp3) is 0.500. The van der Waals surface area contributed by atoms with E-state index in [9.17, 15) is 9.59 Å². The predicted octanol–water partition coefficient (Wildman–Crippen LogP) is 1.34. The first-order chi connectivity index (χ1) is 10.2. The third-order valence-corrected chi connectivity index (χ3v) is 4.15. The molecule has 1 aromatic carbocycles. The molecule has 0 unspecified atom stereocenters. The predicted molar refractivity (Wildman–Crippen MR) is 86.5 cm³/mol. The van der Waals surface area contributed by atoms with Gasteiger partial charge in [0, 0.05) is 32.6 Å². The molecule has 0 aromatic heterocycles. The van der Waals surface area contributed by atoms with Crippen LogP contribution >= 0.6 is 12.4 Å². The molecule has 0 atom stereocenters. The van der Waals surface area contributed by atoms with E-state index in [1.165, 1.54) is 11.1 Å². The average Bonchev–Trinajstić information content (AvgIpc) is 2.95. The molecule has 1 saturated heterocycles. The normalized spacial score (nSPS) is 16.9. The monoisotopic (exact) mass is 323 g/mol. The summed E-state index contributed by atoms with van der Waals surface area (Å²) in [5.74, 6) is 0.0175. The second-order valence-corrected chi connectivity index (χ2v) is 5.76. The van der Waals surface area contributed by atoms with Crippen molar-refractivity contribution in [3.8, 4) is 0 Å². The van der Waals surface area contributed by atoms with Crippen LogP contribution in [-0.2, 0) is 29.2 Å². The SMILES string of the molecule is Cl.O=C(CN1CCCCC1=O)NCc1ccc2c(c1)CNC2. The first-order valence-corrected chi connectivity index (χ1v) is 7.58. The number of hydrogen-bond acceptors (Lipinski definition) is 3. The third kappa shape index (κ3) is 3.99. The molecule has 2 aliphatic heterocycles. The van der Waals surface area contributed by atoms with Gasteiger partial charge in [-0.25, -0.2) is 0 Å². The molecule has 3 rings (SSSR count). The molecule has 2 N–H and O–H groups in total. The maximum absolute atomic E-state index is 11.9. The molecule has 5 nitrogen and oxygen atoms in total. The van der Waals surface area contributed by atoms with Gasteiger partial charge in [0.2, 0.25) is 11.8 Å². The molecule has 0 bridgehead atoms. The van der Waals surface area contributed by atoms with Crippen molar-refractivity contribution in [1.82, 2.24) is 15.5 Å². The largest absolute Gasteiger partial charge is 0.350 e. The molecule has 0 radical (unpaired) electrons. The summed E-state index contributed by atoms with van der Waals surface area (Å²) in [6.07, 6.45) is 2.52. The van der Waals surface area contributed by atoms with E-state index in [-0.39, 0.29) is 30.8 Å². The van der Waals surface area contributed by atoms with Crippen LogP contribution in [-0.4, -0.2) is 29.8 Å². The number of benzene rings is 1. The lowest BCUT2D eigenvalue weighted by Gasteiger charge is -2.25. The summed E-state index contributed by atoms with van der Waals surface area (Å²) in [4.78, 5) is 25.3. The van der Waals surface area contributed by atoms with Crippen molar-refractivity contribution >= 4 is 24.2 Å². The number of nitrogens with zero attached hydrogens (tertiary/aromatic N) is 1. The highest BCUT2D eigenvalue weighted by molar-refractivity contribution is 5.85. The molecule has 2 aliphatic rings. The van der Waals surface area contributed by atoms with Gasteiger partial charge in [0.15, 0.2) is 0 Å². The van der Waals surface area contributed by atoms with Crippen molar-refractivity contribution in [3.05, 3.63) is 34.9 Å². The van der Waals surface area contributed by atoms with Crippen molar-refractivity contribution in [2.24, 2.45) is 0 Å². The molecular formula is C16H22ClN3O2. The minimum absolute atomic E-state index is 0. The van der Waals surface area contributed by atoms with E-state index in [0.717, 1.165) is 31.5 Å². The molecule has 6 heteroatoms. The zero-order valence-electron chi connectivity index (χ0n) is 12.6. The van der Waals surface area contributed by atoms with Crippen LogP contribution in [0.3, 0.4) is 0 Å². The van der Waals surface area contributed by atoms with Crippen molar-refractivity contribution in [3.63, 3.8) is 0 Å². The highest BCUT2D eigenvalue weighted by Gasteiger charge is 2.20. The fourth-order valence-electron chi connectivity index (χ4n) is 2.92. The van der Waals surface area contributed by atoms with Gasteiger partial charge in [-0.3, -0.25) is 9.59 Å². The first kappa shape index (κ1) is 16.8. The van der Waals surface area contributed by atoms with Crippen LogP contribution in [0, 0.1) is 0 Å². The van der Waals surface area contributed by atoms with Crippen molar-refractivity contribution in [2.75, 3.05) is 13.1 Å². The molecule has 2 heterocycles. The molecule has 1 fully saturated rings. The Morgan fingerprint density at radius 1 is 1.23 bits per heavy atom. The summed E-state index contributed by atoms with van der Waals surface area (Å²) in [6, 6.07) is 6.31. The van der Waals surface area contributed by atoms with Crippen LogP contribution < -0.4 is 10.6 Å². The minimum Gasteiger partial charge on any atom is -0.350 e. The highest BCUT2D eigenvalue weighted by Crippen LogP contribution is 2.17. The van der Waals surface area contributed by atoms with E-state index >= 15 is 0 Å². The van der Waals surface area contributed by atoms with Gasteiger partial charge in [-0.1, -0.05) is 18.2 Å². The molecule has 0 spiro atoms. The van der Waals surface area contributed by atoms with Crippen LogP contribution in [0.25, 0.3) is 0 Å². The topological polar surface area (TPSA) is 61.4 Å². The number of amides is 2. The number of nitrogens with one attached hydrogen (secondary N) is 2. The Morgan fingerprint density at radius 2 is 2.05 bits per heavy atom. The summed E-state index contributed by atoms with van der Waals surface area (Å²) in [7, 11) is 0. The number of halogens is 1. The Balaban J connectivity index is 0.00000176. The van der Waals surface area contributed by atoms with Crippen molar-refractivity contribution in [2.45, 2.75) is 38.9 Å². The van der Waals surface area contributed by atoms with E-state index < -0.39 is 0 Å². The Labute approximate surface area is 136 Å². The van der Waals surface area contributed by atoms with Gasteiger partial charge in [-0.2, -0.15) is 0 Å².